The summed E-state index contributed by atoms with van der Waals surface area (Å²) in [5.74, 6) is -0.143. The Balaban J connectivity index is 1.77. The third-order valence-corrected chi connectivity index (χ3v) is 6.20. The number of carbonyl (C=O) groups is 1. The molecule has 0 saturated heterocycles. The zero-order valence-corrected chi connectivity index (χ0v) is 17.4. The van der Waals surface area contributed by atoms with Gasteiger partial charge in [0.2, 0.25) is 0 Å². The third-order valence-electron chi connectivity index (χ3n) is 4.20. The number of hydrogen-bond donors (Lipinski definition) is 0. The number of amides is 1. The van der Waals surface area contributed by atoms with Crippen LogP contribution in [-0.2, 0) is 6.54 Å². The van der Waals surface area contributed by atoms with E-state index in [9.17, 15) is 4.79 Å². The van der Waals surface area contributed by atoms with Gasteiger partial charge in [-0.05, 0) is 54.3 Å². The topological polar surface area (TPSA) is 46.1 Å². The van der Waals surface area contributed by atoms with E-state index in [-0.39, 0.29) is 5.91 Å². The van der Waals surface area contributed by atoms with E-state index in [1.165, 1.54) is 16.2 Å². The molecule has 0 aliphatic rings. The molecule has 2 aromatic carbocycles. The molecule has 2 heterocycles. The highest BCUT2D eigenvalue weighted by atomic mass is 35.5. The summed E-state index contributed by atoms with van der Waals surface area (Å²) in [5.41, 5.74) is 2.34. The highest BCUT2D eigenvalue weighted by Crippen LogP contribution is 2.33. The number of nitrogens with zero attached hydrogens (tertiary/aromatic N) is 3. The quantitative estimate of drug-likeness (QED) is 0.372. The summed E-state index contributed by atoms with van der Waals surface area (Å²) in [6, 6.07) is 16.9. The number of hydrogen-bond acceptors (Lipinski definition) is 5. The molecule has 0 N–H and O–H groups in total. The zero-order chi connectivity index (χ0) is 19.5. The number of benzene rings is 2. The molecule has 4 nitrogen and oxygen atoms in total. The summed E-state index contributed by atoms with van der Waals surface area (Å²) in [4.78, 5) is 25.0. The maximum atomic E-state index is 13.3. The van der Waals surface area contributed by atoms with Crippen molar-refractivity contribution in [2.24, 2.45) is 0 Å². The molecule has 0 saturated carbocycles. The Labute approximate surface area is 176 Å². The van der Waals surface area contributed by atoms with Gasteiger partial charge in [-0.25, -0.2) is 4.98 Å². The first-order valence-corrected chi connectivity index (χ1v) is 11.0. The van der Waals surface area contributed by atoms with Gasteiger partial charge in [0.1, 0.15) is 0 Å². The molecular formula is C21H16ClN3OS2. The minimum Gasteiger partial charge on any atom is -0.279 e. The molecule has 0 spiro atoms. The van der Waals surface area contributed by atoms with Gasteiger partial charge in [-0.3, -0.25) is 14.7 Å². The largest absolute Gasteiger partial charge is 0.279 e. The van der Waals surface area contributed by atoms with Gasteiger partial charge in [0, 0.05) is 27.9 Å². The van der Waals surface area contributed by atoms with Crippen LogP contribution in [0.1, 0.15) is 15.9 Å². The normalized spacial score (nSPS) is 10.9. The fraction of sp³-hybridized carbons (Fsp3) is 0.0952. The molecule has 0 bridgehead atoms. The summed E-state index contributed by atoms with van der Waals surface area (Å²) in [6.07, 6.45) is 5.52. The second kappa shape index (κ2) is 8.31. The lowest BCUT2D eigenvalue weighted by molar-refractivity contribution is 0.0985. The molecule has 28 heavy (non-hydrogen) atoms. The first-order valence-electron chi connectivity index (χ1n) is 8.55. The molecule has 0 aliphatic carbocycles. The predicted octanol–water partition coefficient (Wildman–Crippen LogP) is 5.91. The summed E-state index contributed by atoms with van der Waals surface area (Å²) in [5, 5.41) is 1.18. The van der Waals surface area contributed by atoms with Gasteiger partial charge in [0.05, 0.1) is 16.8 Å². The number of pyridine rings is 1. The van der Waals surface area contributed by atoms with Crippen LogP contribution in [0, 0.1) is 0 Å². The molecule has 4 rings (SSSR count). The van der Waals surface area contributed by atoms with Crippen molar-refractivity contribution in [3.8, 4) is 0 Å². The maximum Gasteiger partial charge on any atom is 0.260 e. The standard InChI is InChI=1S/C21H16ClN3OS2/c1-27-17-7-8-18-19(11-17)28-21(24-18)25(13-14-4-3-9-23-12-14)20(26)15-5-2-6-16(22)10-15/h2-12H,13H2,1H3. The molecular weight excluding hydrogens is 410 g/mol. The minimum atomic E-state index is -0.143. The zero-order valence-electron chi connectivity index (χ0n) is 15.0. The van der Waals surface area contributed by atoms with Crippen molar-refractivity contribution < 1.29 is 4.79 Å². The number of thioether (sulfide) groups is 1. The Bertz CT molecular complexity index is 1130. The van der Waals surface area contributed by atoms with E-state index in [0.717, 1.165) is 15.8 Å². The Morgan fingerprint density at radius 3 is 2.82 bits per heavy atom. The summed E-state index contributed by atoms with van der Waals surface area (Å²) in [7, 11) is 0. The summed E-state index contributed by atoms with van der Waals surface area (Å²) in [6.45, 7) is 0.383. The van der Waals surface area contributed by atoms with Gasteiger partial charge in [-0.15, -0.1) is 11.8 Å². The van der Waals surface area contributed by atoms with E-state index >= 15 is 0 Å². The van der Waals surface area contributed by atoms with E-state index in [0.29, 0.717) is 22.3 Å². The van der Waals surface area contributed by atoms with E-state index in [1.807, 2.05) is 30.5 Å². The predicted molar refractivity (Wildman–Crippen MR) is 118 cm³/mol. The lowest BCUT2D eigenvalue weighted by Gasteiger charge is -2.20. The molecule has 4 aromatic rings. The number of aromatic nitrogens is 2. The van der Waals surface area contributed by atoms with Crippen molar-refractivity contribution in [3.63, 3.8) is 0 Å². The van der Waals surface area contributed by atoms with Crippen LogP contribution >= 0.6 is 34.7 Å². The highest BCUT2D eigenvalue weighted by Gasteiger charge is 2.22. The molecule has 2 aromatic heterocycles. The second-order valence-electron chi connectivity index (χ2n) is 6.09. The van der Waals surface area contributed by atoms with Crippen molar-refractivity contribution in [2.45, 2.75) is 11.4 Å². The molecule has 0 atom stereocenters. The Morgan fingerprint density at radius 1 is 1.18 bits per heavy atom. The average Bonchev–Trinajstić information content (AvgIpc) is 3.15. The number of anilines is 1. The van der Waals surface area contributed by atoms with Crippen LogP contribution in [0.4, 0.5) is 5.13 Å². The van der Waals surface area contributed by atoms with Crippen molar-refractivity contribution in [2.75, 3.05) is 11.2 Å². The molecule has 0 fully saturated rings. The SMILES string of the molecule is CSc1ccc2nc(N(Cc3cccnc3)C(=O)c3cccc(Cl)c3)sc2c1. The first-order chi connectivity index (χ1) is 13.6. The second-order valence-corrected chi connectivity index (χ2v) is 8.42. The molecule has 140 valence electrons. The van der Waals surface area contributed by atoms with Crippen LogP contribution in [0.15, 0.2) is 71.9 Å². The van der Waals surface area contributed by atoms with E-state index in [1.54, 1.807) is 53.3 Å². The monoisotopic (exact) mass is 425 g/mol. The highest BCUT2D eigenvalue weighted by molar-refractivity contribution is 7.98. The number of halogens is 1. The van der Waals surface area contributed by atoms with Crippen molar-refractivity contribution >= 4 is 56.0 Å². The molecule has 0 aliphatic heterocycles. The number of thiazole rings is 1. The Hall–Kier alpha value is -2.41. The first kappa shape index (κ1) is 18.9. The Morgan fingerprint density at radius 2 is 2.07 bits per heavy atom. The van der Waals surface area contributed by atoms with Crippen molar-refractivity contribution in [1.29, 1.82) is 0 Å². The lowest BCUT2D eigenvalue weighted by Crippen LogP contribution is -2.30. The maximum absolute atomic E-state index is 13.3. The third kappa shape index (κ3) is 4.04. The smallest absolute Gasteiger partial charge is 0.260 e. The van der Waals surface area contributed by atoms with Gasteiger partial charge in [-0.1, -0.05) is 35.1 Å². The van der Waals surface area contributed by atoms with Crippen LogP contribution in [0.3, 0.4) is 0 Å². The van der Waals surface area contributed by atoms with Gasteiger partial charge < -0.3 is 0 Å². The molecule has 0 radical (unpaired) electrons. The number of fused-ring (bicyclic) bond motifs is 1. The fourth-order valence-electron chi connectivity index (χ4n) is 2.81. The molecule has 1 amide bonds. The minimum absolute atomic E-state index is 0.143. The van der Waals surface area contributed by atoms with Crippen LogP contribution in [0.25, 0.3) is 10.2 Å². The van der Waals surface area contributed by atoms with Gasteiger partial charge in [0.15, 0.2) is 5.13 Å². The van der Waals surface area contributed by atoms with Crippen LogP contribution in [0.2, 0.25) is 5.02 Å². The van der Waals surface area contributed by atoms with Gasteiger partial charge >= 0.3 is 0 Å². The average molecular weight is 426 g/mol. The Kier molecular flexibility index (Phi) is 5.62. The molecule has 7 heteroatoms. The van der Waals surface area contributed by atoms with Crippen LogP contribution < -0.4 is 4.90 Å². The van der Waals surface area contributed by atoms with Gasteiger partial charge in [-0.2, -0.15) is 0 Å². The lowest BCUT2D eigenvalue weighted by atomic mass is 10.2. The number of carbonyl (C=O) groups excluding carboxylic acids is 1. The van der Waals surface area contributed by atoms with Crippen molar-refractivity contribution in [3.05, 3.63) is 83.1 Å². The summed E-state index contributed by atoms with van der Waals surface area (Å²) < 4.78 is 1.05. The van der Waals surface area contributed by atoms with Crippen LogP contribution in [0.5, 0.6) is 0 Å². The van der Waals surface area contributed by atoms with Crippen molar-refractivity contribution in [1.82, 2.24) is 9.97 Å². The van der Waals surface area contributed by atoms with E-state index in [2.05, 4.69) is 11.1 Å². The fourth-order valence-corrected chi connectivity index (χ4v) is 4.52. The van der Waals surface area contributed by atoms with E-state index < -0.39 is 0 Å². The van der Waals surface area contributed by atoms with Gasteiger partial charge in [0.25, 0.3) is 5.91 Å². The summed E-state index contributed by atoms with van der Waals surface area (Å²) >= 11 is 9.29. The van der Waals surface area contributed by atoms with Crippen LogP contribution in [-0.4, -0.2) is 22.1 Å². The molecule has 0 unspecified atom stereocenters. The number of rotatable bonds is 5. The van der Waals surface area contributed by atoms with E-state index in [4.69, 9.17) is 16.6 Å².